The van der Waals surface area contributed by atoms with E-state index in [1.54, 1.807) is 4.90 Å². The first-order valence-corrected chi connectivity index (χ1v) is 17.6. The largest absolute Gasteiger partial charge is 0.372 e. The van der Waals surface area contributed by atoms with Crippen LogP contribution in [0.4, 0.5) is 5.69 Å². The number of amides is 3. The second kappa shape index (κ2) is 12.8. The van der Waals surface area contributed by atoms with Crippen molar-refractivity contribution in [2.75, 3.05) is 31.1 Å². The molecular formula is C39H43N5O4. The summed E-state index contributed by atoms with van der Waals surface area (Å²) >= 11 is 0. The standard InChI is InChI=1S/C39H43N5O4/c1-25-33-8-4-28(21-36(33)48-41-25)20-26-12-18-43(19-13-26)32-6-2-27(3-7-32)23-42-16-14-29(15-17-42)30-5-9-34-31(22-30)24-44(39(34)47)35-10-11-37(45)40-38(35)46/h2-9,21-22,26,29,35H,10-20,23-24H2,1H3,(H,40,45,46). The Morgan fingerprint density at radius 3 is 2.40 bits per heavy atom. The summed E-state index contributed by atoms with van der Waals surface area (Å²) in [6.07, 6.45) is 6.32. The van der Waals surface area contributed by atoms with Crippen molar-refractivity contribution in [1.82, 2.24) is 20.3 Å². The summed E-state index contributed by atoms with van der Waals surface area (Å²) in [7, 11) is 0. The van der Waals surface area contributed by atoms with Crippen molar-refractivity contribution < 1.29 is 18.9 Å². The molecule has 1 aromatic heterocycles. The average Bonchev–Trinajstić information content (AvgIpc) is 3.64. The van der Waals surface area contributed by atoms with E-state index in [4.69, 9.17) is 4.52 Å². The second-order valence-corrected chi connectivity index (χ2v) is 14.3. The Balaban J connectivity index is 0.805. The average molecular weight is 646 g/mol. The summed E-state index contributed by atoms with van der Waals surface area (Å²) < 4.78 is 5.49. The quantitative estimate of drug-likeness (QED) is 0.256. The molecule has 3 saturated heterocycles. The maximum absolute atomic E-state index is 13.1. The highest BCUT2D eigenvalue weighted by Gasteiger charge is 2.39. The lowest BCUT2D eigenvalue weighted by molar-refractivity contribution is -0.136. The maximum atomic E-state index is 13.1. The highest BCUT2D eigenvalue weighted by molar-refractivity contribution is 6.05. The van der Waals surface area contributed by atoms with Gasteiger partial charge in [-0.1, -0.05) is 35.5 Å². The summed E-state index contributed by atoms with van der Waals surface area (Å²) in [5.41, 5.74) is 8.83. The summed E-state index contributed by atoms with van der Waals surface area (Å²) in [4.78, 5) is 43.8. The van der Waals surface area contributed by atoms with Crippen molar-refractivity contribution in [3.63, 3.8) is 0 Å². The van der Waals surface area contributed by atoms with Gasteiger partial charge in [-0.2, -0.15) is 0 Å². The predicted octanol–water partition coefficient (Wildman–Crippen LogP) is 5.74. The number of piperidine rings is 3. The number of anilines is 1. The number of nitrogens with one attached hydrogen (secondary N) is 1. The topological polar surface area (TPSA) is 99.0 Å². The Morgan fingerprint density at radius 1 is 0.854 bits per heavy atom. The van der Waals surface area contributed by atoms with Crippen molar-refractivity contribution >= 4 is 34.4 Å². The molecular weight excluding hydrogens is 602 g/mol. The first-order valence-electron chi connectivity index (χ1n) is 17.6. The highest BCUT2D eigenvalue weighted by atomic mass is 16.5. The first kappa shape index (κ1) is 30.8. The third-order valence-corrected chi connectivity index (χ3v) is 11.2. The number of carbonyl (C=O) groups excluding carboxylic acids is 3. The Hall–Kier alpha value is -4.50. The normalized spacial score (nSPS) is 21.3. The maximum Gasteiger partial charge on any atom is 0.255 e. The van der Waals surface area contributed by atoms with Crippen LogP contribution >= 0.6 is 0 Å². The molecule has 1 unspecified atom stereocenters. The van der Waals surface area contributed by atoms with Crippen molar-refractivity contribution in [1.29, 1.82) is 0 Å². The van der Waals surface area contributed by atoms with Gasteiger partial charge in [-0.25, -0.2) is 0 Å². The van der Waals surface area contributed by atoms with Gasteiger partial charge in [0.1, 0.15) is 6.04 Å². The molecule has 248 valence electrons. The van der Waals surface area contributed by atoms with E-state index in [1.165, 1.54) is 35.2 Å². The number of fused-ring (bicyclic) bond motifs is 2. The molecule has 1 atom stereocenters. The molecule has 0 aliphatic carbocycles. The minimum atomic E-state index is -0.571. The summed E-state index contributed by atoms with van der Waals surface area (Å²) in [5, 5.41) is 7.59. The van der Waals surface area contributed by atoms with Gasteiger partial charge in [0.15, 0.2) is 5.58 Å². The van der Waals surface area contributed by atoms with E-state index in [-0.39, 0.29) is 24.1 Å². The molecule has 8 rings (SSSR count). The number of aryl methyl sites for hydroxylation is 1. The van der Waals surface area contributed by atoms with Crippen LogP contribution in [-0.4, -0.2) is 64.9 Å². The molecule has 0 saturated carbocycles. The molecule has 9 nitrogen and oxygen atoms in total. The molecule has 4 aromatic rings. The van der Waals surface area contributed by atoms with Gasteiger partial charge < -0.3 is 14.3 Å². The summed E-state index contributed by atoms with van der Waals surface area (Å²) in [6, 6.07) is 21.4. The number of hydrogen-bond acceptors (Lipinski definition) is 7. The fraction of sp³-hybridized carbons (Fsp3) is 0.436. The van der Waals surface area contributed by atoms with Gasteiger partial charge in [-0.15, -0.1) is 0 Å². The molecule has 9 heteroatoms. The molecule has 3 aromatic carbocycles. The van der Waals surface area contributed by atoms with Crippen LogP contribution in [0.2, 0.25) is 0 Å². The van der Waals surface area contributed by atoms with Gasteiger partial charge in [0.2, 0.25) is 11.8 Å². The SMILES string of the molecule is Cc1noc2cc(CC3CCN(c4ccc(CN5CCC(c6ccc7c(c6)CN(C6CCC(=O)NC6=O)C7=O)CC5)cc4)CC3)ccc12. The van der Waals surface area contributed by atoms with Crippen LogP contribution in [0.1, 0.15) is 82.7 Å². The van der Waals surface area contributed by atoms with E-state index in [9.17, 15) is 14.4 Å². The highest BCUT2D eigenvalue weighted by Crippen LogP contribution is 2.34. The number of nitrogens with zero attached hydrogens (tertiary/aromatic N) is 4. The fourth-order valence-electron chi connectivity index (χ4n) is 8.31. The van der Waals surface area contributed by atoms with E-state index < -0.39 is 6.04 Å². The number of carbonyl (C=O) groups is 3. The molecule has 4 aliphatic rings. The zero-order chi connectivity index (χ0) is 32.8. The molecule has 4 aliphatic heterocycles. The van der Waals surface area contributed by atoms with Crippen LogP contribution in [0.25, 0.3) is 11.0 Å². The van der Waals surface area contributed by atoms with E-state index in [0.717, 1.165) is 74.2 Å². The molecule has 1 N–H and O–H groups in total. The molecule has 48 heavy (non-hydrogen) atoms. The Morgan fingerprint density at radius 2 is 1.62 bits per heavy atom. The monoisotopic (exact) mass is 645 g/mol. The second-order valence-electron chi connectivity index (χ2n) is 14.3. The lowest BCUT2D eigenvalue weighted by Gasteiger charge is -2.34. The van der Waals surface area contributed by atoms with Gasteiger partial charge in [0.25, 0.3) is 5.91 Å². The molecule has 3 fully saturated rings. The van der Waals surface area contributed by atoms with E-state index in [1.807, 2.05) is 13.0 Å². The number of hydrogen-bond donors (Lipinski definition) is 1. The Labute approximate surface area is 281 Å². The van der Waals surface area contributed by atoms with Gasteiger partial charge in [-0.3, -0.25) is 24.6 Å². The van der Waals surface area contributed by atoms with Crippen molar-refractivity contribution in [3.8, 4) is 0 Å². The van der Waals surface area contributed by atoms with Crippen LogP contribution in [0.15, 0.2) is 65.2 Å². The number of benzene rings is 3. The van der Waals surface area contributed by atoms with Gasteiger partial charge in [-0.05, 0) is 123 Å². The molecule has 0 spiro atoms. The van der Waals surface area contributed by atoms with Crippen LogP contribution in [0.5, 0.6) is 0 Å². The third kappa shape index (κ3) is 6.12. The number of likely N-dealkylation sites (tertiary alicyclic amines) is 1. The minimum Gasteiger partial charge on any atom is -0.372 e. The van der Waals surface area contributed by atoms with E-state index in [2.05, 4.69) is 74.9 Å². The van der Waals surface area contributed by atoms with E-state index in [0.29, 0.717) is 30.4 Å². The molecule has 0 bridgehead atoms. The predicted molar refractivity (Wildman–Crippen MR) is 184 cm³/mol. The molecule has 5 heterocycles. The zero-order valence-corrected chi connectivity index (χ0v) is 27.6. The van der Waals surface area contributed by atoms with Crippen LogP contribution < -0.4 is 10.2 Å². The zero-order valence-electron chi connectivity index (χ0n) is 27.6. The third-order valence-electron chi connectivity index (χ3n) is 11.2. The van der Waals surface area contributed by atoms with Crippen molar-refractivity contribution in [2.45, 2.75) is 76.9 Å². The van der Waals surface area contributed by atoms with E-state index >= 15 is 0 Å². The van der Waals surface area contributed by atoms with Crippen LogP contribution in [-0.2, 0) is 29.1 Å². The number of aromatic nitrogens is 1. The Bertz CT molecular complexity index is 1850. The molecule has 0 radical (unpaired) electrons. The fourth-order valence-corrected chi connectivity index (χ4v) is 8.31. The van der Waals surface area contributed by atoms with Crippen molar-refractivity contribution in [2.24, 2.45) is 5.92 Å². The summed E-state index contributed by atoms with van der Waals surface area (Å²) in [5.74, 6) is 0.424. The van der Waals surface area contributed by atoms with Gasteiger partial charge >= 0.3 is 0 Å². The number of rotatable bonds is 7. The Kier molecular flexibility index (Phi) is 8.24. The minimum absolute atomic E-state index is 0.107. The van der Waals surface area contributed by atoms with Crippen molar-refractivity contribution in [3.05, 3.63) is 94.2 Å². The van der Waals surface area contributed by atoms with Crippen LogP contribution in [0.3, 0.4) is 0 Å². The first-order chi connectivity index (χ1) is 23.4. The van der Waals surface area contributed by atoms with Gasteiger partial charge in [0, 0.05) is 49.2 Å². The van der Waals surface area contributed by atoms with Crippen LogP contribution in [0, 0.1) is 12.8 Å². The smallest absolute Gasteiger partial charge is 0.255 e. The molecule has 3 amide bonds. The summed E-state index contributed by atoms with van der Waals surface area (Å²) in [6.45, 7) is 7.65. The lowest BCUT2D eigenvalue weighted by atomic mass is 9.87. The number of imide groups is 1. The lowest BCUT2D eigenvalue weighted by Crippen LogP contribution is -2.52. The van der Waals surface area contributed by atoms with Gasteiger partial charge in [0.05, 0.1) is 5.69 Å².